The van der Waals surface area contributed by atoms with E-state index in [1.807, 2.05) is 30.3 Å². The van der Waals surface area contributed by atoms with Crippen molar-refractivity contribution in [2.45, 2.75) is 26.4 Å². The van der Waals surface area contributed by atoms with Crippen molar-refractivity contribution in [1.29, 1.82) is 0 Å². The Labute approximate surface area is 145 Å². The molecule has 0 atom stereocenters. The fourth-order valence-corrected chi connectivity index (χ4v) is 2.75. The van der Waals surface area contributed by atoms with Crippen molar-refractivity contribution in [1.82, 2.24) is 5.32 Å². The molecule has 0 spiro atoms. The number of rotatable bonds is 8. The van der Waals surface area contributed by atoms with Crippen LogP contribution in [0.1, 0.15) is 24.5 Å². The van der Waals surface area contributed by atoms with Crippen molar-refractivity contribution < 1.29 is 14.6 Å². The second-order valence-corrected chi connectivity index (χ2v) is 6.07. The minimum absolute atomic E-state index is 0.252. The van der Waals surface area contributed by atoms with Crippen LogP contribution in [-0.2, 0) is 13.1 Å². The molecule has 0 saturated carbocycles. The molecule has 0 amide bonds. The summed E-state index contributed by atoms with van der Waals surface area (Å²) in [6, 6.07) is 11.4. The first-order valence-corrected chi connectivity index (χ1v) is 8.41. The van der Waals surface area contributed by atoms with Crippen LogP contribution in [0.2, 0.25) is 0 Å². The summed E-state index contributed by atoms with van der Waals surface area (Å²) in [7, 11) is 1.65. The van der Waals surface area contributed by atoms with Gasteiger partial charge < -0.3 is 19.9 Å². The molecule has 5 heteroatoms. The van der Waals surface area contributed by atoms with Gasteiger partial charge in [0, 0.05) is 24.7 Å². The molecule has 2 aromatic carbocycles. The maximum Gasteiger partial charge on any atom is 0.133 e. The number of ether oxygens (including phenoxy) is 2. The molecule has 0 aromatic heterocycles. The van der Waals surface area contributed by atoms with E-state index in [4.69, 9.17) is 9.47 Å². The largest absolute Gasteiger partial charge is 0.507 e. The fourth-order valence-electron chi connectivity index (χ4n) is 2.16. The molecule has 0 heterocycles. The van der Waals surface area contributed by atoms with E-state index in [0.717, 1.165) is 27.8 Å². The normalized spacial score (nSPS) is 10.6. The predicted molar refractivity (Wildman–Crippen MR) is 95.1 cm³/mol. The highest BCUT2D eigenvalue weighted by molar-refractivity contribution is 9.10. The van der Waals surface area contributed by atoms with Crippen LogP contribution < -0.4 is 14.8 Å². The van der Waals surface area contributed by atoms with Crippen LogP contribution >= 0.6 is 15.9 Å². The van der Waals surface area contributed by atoms with Crippen LogP contribution in [-0.4, -0.2) is 18.8 Å². The maximum atomic E-state index is 10.1. The smallest absolute Gasteiger partial charge is 0.133 e. The topological polar surface area (TPSA) is 50.7 Å². The van der Waals surface area contributed by atoms with E-state index >= 15 is 0 Å². The number of aromatic hydroxyl groups is 1. The van der Waals surface area contributed by atoms with Gasteiger partial charge in [-0.25, -0.2) is 0 Å². The number of phenolic OH excluding ortho intramolecular Hbond substituents is 1. The summed E-state index contributed by atoms with van der Waals surface area (Å²) in [6.07, 6.45) is 0.946. The van der Waals surface area contributed by atoms with E-state index in [0.29, 0.717) is 25.4 Å². The van der Waals surface area contributed by atoms with E-state index in [-0.39, 0.29) is 5.75 Å². The van der Waals surface area contributed by atoms with Crippen molar-refractivity contribution >= 4 is 15.9 Å². The second-order valence-electron chi connectivity index (χ2n) is 5.21. The lowest BCUT2D eigenvalue weighted by Gasteiger charge is -2.10. The van der Waals surface area contributed by atoms with Gasteiger partial charge in [0.05, 0.1) is 18.2 Å². The van der Waals surface area contributed by atoms with E-state index < -0.39 is 0 Å². The zero-order valence-corrected chi connectivity index (χ0v) is 15.0. The van der Waals surface area contributed by atoms with Gasteiger partial charge in [-0.15, -0.1) is 0 Å². The Morgan fingerprint density at radius 1 is 1.13 bits per heavy atom. The highest BCUT2D eigenvalue weighted by Gasteiger charge is 2.05. The van der Waals surface area contributed by atoms with Gasteiger partial charge in [0.25, 0.3) is 0 Å². The Balaban J connectivity index is 1.89. The number of phenols is 1. The first-order chi connectivity index (χ1) is 11.1. The lowest BCUT2D eigenvalue weighted by atomic mass is 10.1. The fraction of sp³-hybridized carbons (Fsp3) is 0.333. The van der Waals surface area contributed by atoms with Crippen LogP contribution in [0.3, 0.4) is 0 Å². The molecule has 124 valence electrons. The molecule has 0 aliphatic carbocycles. The molecule has 2 aromatic rings. The van der Waals surface area contributed by atoms with Gasteiger partial charge >= 0.3 is 0 Å². The quantitative estimate of drug-likeness (QED) is 0.719. The van der Waals surface area contributed by atoms with Crippen molar-refractivity contribution in [2.75, 3.05) is 13.7 Å². The SMILES string of the molecule is CCCOc1ccc(CNCc2ccc(OC)c(Br)c2)c(O)c1. The monoisotopic (exact) mass is 379 g/mol. The number of hydrogen-bond donors (Lipinski definition) is 2. The van der Waals surface area contributed by atoms with E-state index in [9.17, 15) is 5.11 Å². The highest BCUT2D eigenvalue weighted by atomic mass is 79.9. The number of benzene rings is 2. The summed E-state index contributed by atoms with van der Waals surface area (Å²) in [6.45, 7) is 4.00. The number of nitrogens with one attached hydrogen (secondary N) is 1. The first kappa shape index (κ1) is 17.6. The summed E-state index contributed by atoms with van der Waals surface area (Å²) < 4.78 is 11.6. The summed E-state index contributed by atoms with van der Waals surface area (Å²) in [5.41, 5.74) is 1.99. The summed E-state index contributed by atoms with van der Waals surface area (Å²) >= 11 is 3.48. The molecule has 0 aliphatic heterocycles. The number of halogens is 1. The first-order valence-electron chi connectivity index (χ1n) is 7.62. The van der Waals surface area contributed by atoms with Crippen molar-refractivity contribution in [3.05, 3.63) is 52.0 Å². The van der Waals surface area contributed by atoms with E-state index in [1.165, 1.54) is 0 Å². The third kappa shape index (κ3) is 5.15. The second kappa shape index (κ2) is 8.79. The minimum Gasteiger partial charge on any atom is -0.507 e. The summed E-state index contributed by atoms with van der Waals surface area (Å²) in [5, 5.41) is 13.4. The standard InChI is InChI=1S/C18H22BrNO3/c1-3-8-23-15-6-5-14(17(21)10-15)12-20-11-13-4-7-18(22-2)16(19)9-13/h4-7,9-10,20-21H,3,8,11-12H2,1-2H3. The van der Waals surface area contributed by atoms with Gasteiger partial charge in [0.15, 0.2) is 0 Å². The lowest BCUT2D eigenvalue weighted by molar-refractivity contribution is 0.315. The van der Waals surface area contributed by atoms with Gasteiger partial charge in [0.1, 0.15) is 17.2 Å². The highest BCUT2D eigenvalue weighted by Crippen LogP contribution is 2.26. The molecule has 0 saturated heterocycles. The molecule has 0 fully saturated rings. The molecule has 2 N–H and O–H groups in total. The Morgan fingerprint density at radius 2 is 1.96 bits per heavy atom. The third-order valence-corrected chi connectivity index (χ3v) is 4.01. The third-order valence-electron chi connectivity index (χ3n) is 3.39. The molecule has 0 aliphatic rings. The molecule has 0 unspecified atom stereocenters. The van der Waals surface area contributed by atoms with E-state index in [2.05, 4.69) is 28.2 Å². The molecule has 0 bridgehead atoms. The molecular weight excluding hydrogens is 358 g/mol. The van der Waals surface area contributed by atoms with E-state index in [1.54, 1.807) is 13.2 Å². The summed E-state index contributed by atoms with van der Waals surface area (Å²) in [4.78, 5) is 0. The zero-order chi connectivity index (χ0) is 16.7. The molecule has 4 nitrogen and oxygen atoms in total. The van der Waals surface area contributed by atoms with Crippen LogP contribution in [0, 0.1) is 0 Å². The van der Waals surface area contributed by atoms with Gasteiger partial charge in [-0.05, 0) is 46.1 Å². The zero-order valence-electron chi connectivity index (χ0n) is 13.4. The maximum absolute atomic E-state index is 10.1. The Bertz CT molecular complexity index is 646. The van der Waals surface area contributed by atoms with Crippen molar-refractivity contribution in [3.63, 3.8) is 0 Å². The minimum atomic E-state index is 0.252. The van der Waals surface area contributed by atoms with Crippen molar-refractivity contribution in [2.24, 2.45) is 0 Å². The van der Waals surface area contributed by atoms with Gasteiger partial charge in [-0.3, -0.25) is 0 Å². The molecule has 2 rings (SSSR count). The van der Waals surface area contributed by atoms with Crippen molar-refractivity contribution in [3.8, 4) is 17.2 Å². The Hall–Kier alpha value is -1.72. The van der Waals surface area contributed by atoms with Crippen LogP contribution in [0.15, 0.2) is 40.9 Å². The van der Waals surface area contributed by atoms with Gasteiger partial charge in [0.2, 0.25) is 0 Å². The molecule has 0 radical (unpaired) electrons. The van der Waals surface area contributed by atoms with Gasteiger partial charge in [-0.2, -0.15) is 0 Å². The number of hydrogen-bond acceptors (Lipinski definition) is 4. The molecule has 23 heavy (non-hydrogen) atoms. The Kier molecular flexibility index (Phi) is 6.74. The summed E-state index contributed by atoms with van der Waals surface area (Å²) in [5.74, 6) is 1.77. The predicted octanol–water partition coefficient (Wildman–Crippen LogP) is 4.24. The van der Waals surface area contributed by atoms with Gasteiger partial charge in [-0.1, -0.05) is 19.1 Å². The van der Waals surface area contributed by atoms with Crippen LogP contribution in [0.4, 0.5) is 0 Å². The number of methoxy groups -OCH3 is 1. The average Bonchev–Trinajstić information content (AvgIpc) is 2.55. The Morgan fingerprint density at radius 3 is 2.61 bits per heavy atom. The van der Waals surface area contributed by atoms with Crippen LogP contribution in [0.25, 0.3) is 0 Å². The lowest BCUT2D eigenvalue weighted by Crippen LogP contribution is -2.12. The average molecular weight is 380 g/mol. The molecular formula is C18H22BrNO3. The van der Waals surface area contributed by atoms with Crippen LogP contribution in [0.5, 0.6) is 17.2 Å².